The lowest BCUT2D eigenvalue weighted by Gasteiger charge is -2.21. The molecule has 4 heteroatoms. The van der Waals surface area contributed by atoms with Crippen molar-refractivity contribution in [3.63, 3.8) is 0 Å². The molecule has 0 aliphatic carbocycles. The summed E-state index contributed by atoms with van der Waals surface area (Å²) in [7, 11) is 1.72. The predicted octanol–water partition coefficient (Wildman–Crippen LogP) is 3.02. The van der Waals surface area contributed by atoms with E-state index in [1.165, 1.54) is 5.56 Å². The minimum atomic E-state index is 0.216. The monoisotopic (exact) mass is 293 g/mol. The average molecular weight is 293 g/mol. The second-order valence-corrected chi connectivity index (χ2v) is 7.06. The predicted molar refractivity (Wildman–Crippen MR) is 87.8 cm³/mol. The molecule has 0 amide bonds. The van der Waals surface area contributed by atoms with E-state index in [0.717, 1.165) is 43.3 Å². The van der Waals surface area contributed by atoms with Crippen LogP contribution in [0.25, 0.3) is 0 Å². The van der Waals surface area contributed by atoms with Crippen LogP contribution >= 0.6 is 0 Å². The van der Waals surface area contributed by atoms with Crippen molar-refractivity contribution in [1.29, 1.82) is 0 Å². The summed E-state index contributed by atoms with van der Waals surface area (Å²) in [5.74, 6) is 1.37. The molecule has 0 fully saturated rings. The van der Waals surface area contributed by atoms with Gasteiger partial charge in [0.1, 0.15) is 5.82 Å². The number of hydrogen-bond acceptors (Lipinski definition) is 4. The van der Waals surface area contributed by atoms with Gasteiger partial charge >= 0.3 is 0 Å². The third-order valence-electron chi connectivity index (χ3n) is 3.49. The number of hydrogen-bond donors (Lipinski definition) is 1. The van der Waals surface area contributed by atoms with E-state index in [2.05, 4.69) is 46.9 Å². The highest BCUT2D eigenvalue weighted by Crippen LogP contribution is 2.24. The Morgan fingerprint density at radius 3 is 2.19 bits per heavy atom. The fraction of sp³-hybridized carbons (Fsp3) is 0.765. The number of nitrogens with zero attached hydrogens (tertiary/aromatic N) is 2. The Labute approximate surface area is 129 Å². The molecular weight excluding hydrogens is 262 g/mol. The van der Waals surface area contributed by atoms with Gasteiger partial charge in [-0.2, -0.15) is 0 Å². The van der Waals surface area contributed by atoms with Crippen LogP contribution in [0.5, 0.6) is 0 Å². The summed E-state index contributed by atoms with van der Waals surface area (Å²) in [5.41, 5.74) is 3.72. The van der Waals surface area contributed by atoms with Crippen molar-refractivity contribution in [2.45, 2.75) is 53.9 Å². The molecule has 4 nitrogen and oxygen atoms in total. The van der Waals surface area contributed by atoms with Gasteiger partial charge in [0.25, 0.3) is 0 Å². The van der Waals surface area contributed by atoms with E-state index in [0.29, 0.717) is 5.92 Å². The fourth-order valence-corrected chi connectivity index (χ4v) is 2.66. The highest BCUT2D eigenvalue weighted by molar-refractivity contribution is 5.28. The Morgan fingerprint density at radius 2 is 1.71 bits per heavy atom. The normalized spacial score (nSPS) is 13.5. The van der Waals surface area contributed by atoms with Gasteiger partial charge in [-0.05, 0) is 30.7 Å². The summed E-state index contributed by atoms with van der Waals surface area (Å²) >= 11 is 0. The Morgan fingerprint density at radius 1 is 1.14 bits per heavy atom. The van der Waals surface area contributed by atoms with Crippen LogP contribution in [-0.4, -0.2) is 36.8 Å². The van der Waals surface area contributed by atoms with Crippen molar-refractivity contribution in [2.75, 3.05) is 26.8 Å². The van der Waals surface area contributed by atoms with Crippen molar-refractivity contribution in [3.8, 4) is 0 Å². The quantitative estimate of drug-likeness (QED) is 0.785. The van der Waals surface area contributed by atoms with Gasteiger partial charge in [0.15, 0.2) is 0 Å². The molecule has 0 aliphatic rings. The molecule has 1 aromatic rings. The van der Waals surface area contributed by atoms with E-state index in [4.69, 9.17) is 14.7 Å². The Kier molecular flexibility index (Phi) is 6.75. The van der Waals surface area contributed by atoms with E-state index >= 15 is 0 Å². The van der Waals surface area contributed by atoms with Gasteiger partial charge in [-0.3, -0.25) is 0 Å². The molecular formula is C17H31N3O. The van der Waals surface area contributed by atoms with Gasteiger partial charge in [-0.15, -0.1) is 0 Å². The van der Waals surface area contributed by atoms with Gasteiger partial charge in [0, 0.05) is 38.0 Å². The standard InChI is InChI=1S/C17H31N3O/c1-12(11-18-8-9-21-7)16-13(2)19-15(20-14(16)3)10-17(4,5)6/h12,18H,8-11H2,1-7H3. The van der Waals surface area contributed by atoms with E-state index in [-0.39, 0.29) is 5.41 Å². The molecule has 21 heavy (non-hydrogen) atoms. The molecule has 1 unspecified atom stereocenters. The summed E-state index contributed by atoms with van der Waals surface area (Å²) in [6.07, 6.45) is 0.912. The minimum Gasteiger partial charge on any atom is -0.383 e. The van der Waals surface area contributed by atoms with E-state index in [9.17, 15) is 0 Å². The number of aromatic nitrogens is 2. The lowest BCUT2D eigenvalue weighted by molar-refractivity contribution is 0.199. The van der Waals surface area contributed by atoms with Crippen molar-refractivity contribution in [3.05, 3.63) is 22.8 Å². The minimum absolute atomic E-state index is 0.216. The molecule has 1 aromatic heterocycles. The molecule has 0 aliphatic heterocycles. The Hall–Kier alpha value is -1.00. The maximum atomic E-state index is 5.05. The molecule has 1 rings (SSSR count). The maximum absolute atomic E-state index is 5.05. The second-order valence-electron chi connectivity index (χ2n) is 7.06. The summed E-state index contributed by atoms with van der Waals surface area (Å²) in [6, 6.07) is 0. The molecule has 0 saturated carbocycles. The Balaban J connectivity index is 2.79. The average Bonchev–Trinajstić information content (AvgIpc) is 2.31. The first-order chi connectivity index (χ1) is 9.74. The number of methoxy groups -OCH3 is 1. The Bertz CT molecular complexity index is 429. The summed E-state index contributed by atoms with van der Waals surface area (Å²) in [4.78, 5) is 9.44. The molecule has 0 aromatic carbocycles. The zero-order valence-electron chi connectivity index (χ0n) is 14.7. The molecule has 0 spiro atoms. The molecule has 0 bridgehead atoms. The lowest BCUT2D eigenvalue weighted by atomic mass is 9.91. The molecule has 120 valence electrons. The van der Waals surface area contributed by atoms with E-state index in [1.807, 2.05) is 0 Å². The molecule has 1 atom stereocenters. The smallest absolute Gasteiger partial charge is 0.129 e. The zero-order chi connectivity index (χ0) is 16.0. The largest absolute Gasteiger partial charge is 0.383 e. The van der Waals surface area contributed by atoms with E-state index < -0.39 is 0 Å². The highest BCUT2D eigenvalue weighted by Gasteiger charge is 2.18. The van der Waals surface area contributed by atoms with E-state index in [1.54, 1.807) is 7.11 Å². The van der Waals surface area contributed by atoms with Crippen LogP contribution in [0.15, 0.2) is 0 Å². The molecule has 0 saturated heterocycles. The fourth-order valence-electron chi connectivity index (χ4n) is 2.66. The first-order valence-corrected chi connectivity index (χ1v) is 7.78. The van der Waals surface area contributed by atoms with Gasteiger partial charge in [-0.25, -0.2) is 9.97 Å². The number of nitrogens with one attached hydrogen (secondary N) is 1. The molecule has 1 heterocycles. The molecule has 1 N–H and O–H groups in total. The van der Waals surface area contributed by atoms with Crippen LogP contribution in [0.2, 0.25) is 0 Å². The maximum Gasteiger partial charge on any atom is 0.129 e. The SMILES string of the molecule is COCCNCC(C)c1c(C)nc(CC(C)(C)C)nc1C. The van der Waals surface area contributed by atoms with Crippen LogP contribution in [-0.2, 0) is 11.2 Å². The van der Waals surface area contributed by atoms with Crippen molar-refractivity contribution in [1.82, 2.24) is 15.3 Å². The molecule has 0 radical (unpaired) electrons. The lowest BCUT2D eigenvalue weighted by Crippen LogP contribution is -2.25. The number of aryl methyl sites for hydroxylation is 2. The first kappa shape index (κ1) is 18.1. The topological polar surface area (TPSA) is 47.0 Å². The zero-order valence-corrected chi connectivity index (χ0v) is 14.7. The third-order valence-corrected chi connectivity index (χ3v) is 3.49. The summed E-state index contributed by atoms with van der Waals surface area (Å²) in [5, 5.41) is 3.41. The van der Waals surface area contributed by atoms with Gasteiger partial charge in [0.05, 0.1) is 6.61 Å². The first-order valence-electron chi connectivity index (χ1n) is 7.78. The van der Waals surface area contributed by atoms with Crippen LogP contribution in [0.4, 0.5) is 0 Å². The van der Waals surface area contributed by atoms with Crippen LogP contribution in [0, 0.1) is 19.3 Å². The third kappa shape index (κ3) is 6.10. The van der Waals surface area contributed by atoms with Gasteiger partial charge in [-0.1, -0.05) is 27.7 Å². The van der Waals surface area contributed by atoms with Crippen LogP contribution < -0.4 is 5.32 Å². The van der Waals surface area contributed by atoms with Crippen molar-refractivity contribution >= 4 is 0 Å². The summed E-state index contributed by atoms with van der Waals surface area (Å²) < 4.78 is 5.05. The number of rotatable bonds is 7. The van der Waals surface area contributed by atoms with Crippen LogP contribution in [0.3, 0.4) is 0 Å². The number of ether oxygens (including phenoxy) is 1. The van der Waals surface area contributed by atoms with Crippen molar-refractivity contribution in [2.24, 2.45) is 5.41 Å². The van der Waals surface area contributed by atoms with Crippen LogP contribution in [0.1, 0.15) is 56.4 Å². The van der Waals surface area contributed by atoms with Crippen molar-refractivity contribution < 1.29 is 4.74 Å². The van der Waals surface area contributed by atoms with Gasteiger partial charge in [0.2, 0.25) is 0 Å². The summed E-state index contributed by atoms with van der Waals surface area (Å²) in [6.45, 7) is 15.6. The second kappa shape index (κ2) is 7.85. The van der Waals surface area contributed by atoms with Gasteiger partial charge < -0.3 is 10.1 Å². The highest BCUT2D eigenvalue weighted by atomic mass is 16.5.